The van der Waals surface area contributed by atoms with Crippen molar-refractivity contribution in [3.8, 4) is 0 Å². The van der Waals surface area contributed by atoms with Gasteiger partial charge in [0.2, 0.25) is 5.95 Å². The smallest absolute Gasteiger partial charge is 0.370 e. The summed E-state index contributed by atoms with van der Waals surface area (Å²) >= 11 is 5.65. The quantitative estimate of drug-likeness (QED) is 0.804. The number of hydrogen-bond acceptors (Lipinski definition) is 4. The van der Waals surface area contributed by atoms with Crippen molar-refractivity contribution in [1.82, 2.24) is 9.97 Å². The lowest BCUT2D eigenvalue weighted by molar-refractivity contribution is -0.136. The number of hydrogen-bond donors (Lipinski definition) is 2. The van der Waals surface area contributed by atoms with E-state index in [1.165, 1.54) is 18.3 Å². The molecule has 0 amide bonds. The van der Waals surface area contributed by atoms with Crippen molar-refractivity contribution in [1.29, 1.82) is 0 Å². The van der Waals surface area contributed by atoms with E-state index in [0.717, 1.165) is 6.07 Å². The lowest BCUT2D eigenvalue weighted by atomic mass is 10.1. The summed E-state index contributed by atoms with van der Waals surface area (Å²) in [5.41, 5.74) is -1.02. The summed E-state index contributed by atoms with van der Waals surface area (Å²) in [5.74, 6) is 1.03. The third-order valence-corrected chi connectivity index (χ3v) is 3.12. The van der Waals surface area contributed by atoms with Crippen LogP contribution in [-0.2, 0) is 6.18 Å². The van der Waals surface area contributed by atoms with Crippen molar-refractivity contribution in [2.75, 3.05) is 17.2 Å². The van der Waals surface area contributed by atoms with Crippen LogP contribution in [0, 0.1) is 5.92 Å². The highest BCUT2D eigenvalue weighted by atomic mass is 35.5. The zero-order valence-corrected chi connectivity index (χ0v) is 13.3. The first-order valence-electron chi connectivity index (χ1n) is 6.96. The molecule has 2 rings (SSSR count). The maximum absolute atomic E-state index is 13.1. The van der Waals surface area contributed by atoms with Crippen LogP contribution in [0.1, 0.15) is 19.4 Å². The Morgan fingerprint density at radius 1 is 1.22 bits per heavy atom. The molecule has 0 saturated carbocycles. The van der Waals surface area contributed by atoms with Gasteiger partial charge in [-0.15, -0.1) is 0 Å². The first kappa shape index (κ1) is 17.3. The molecule has 0 bridgehead atoms. The number of rotatable bonds is 5. The van der Waals surface area contributed by atoms with Crippen LogP contribution in [-0.4, -0.2) is 16.5 Å². The minimum absolute atomic E-state index is 0.0103. The maximum Gasteiger partial charge on any atom is 0.418 e. The van der Waals surface area contributed by atoms with Crippen LogP contribution in [0.15, 0.2) is 30.5 Å². The molecule has 0 saturated heterocycles. The minimum atomic E-state index is -4.53. The van der Waals surface area contributed by atoms with Crippen molar-refractivity contribution in [2.45, 2.75) is 20.0 Å². The van der Waals surface area contributed by atoms with Gasteiger partial charge < -0.3 is 10.6 Å². The van der Waals surface area contributed by atoms with Gasteiger partial charge in [0.05, 0.1) is 11.3 Å². The predicted octanol–water partition coefficient (Wildman–Crippen LogP) is 4.96. The highest BCUT2D eigenvalue weighted by molar-refractivity contribution is 6.30. The Morgan fingerprint density at radius 3 is 2.61 bits per heavy atom. The Labute approximate surface area is 137 Å². The second kappa shape index (κ2) is 7.04. The van der Waals surface area contributed by atoms with Crippen LogP contribution in [0.4, 0.5) is 30.6 Å². The van der Waals surface area contributed by atoms with E-state index in [1.54, 1.807) is 6.07 Å². The van der Waals surface area contributed by atoms with Gasteiger partial charge in [-0.1, -0.05) is 25.4 Å². The van der Waals surface area contributed by atoms with Gasteiger partial charge in [-0.2, -0.15) is 18.2 Å². The van der Waals surface area contributed by atoms with Gasteiger partial charge in [0, 0.05) is 17.8 Å². The predicted molar refractivity (Wildman–Crippen MR) is 85.1 cm³/mol. The molecule has 0 radical (unpaired) electrons. The summed E-state index contributed by atoms with van der Waals surface area (Å²) in [5, 5.41) is 5.69. The molecule has 2 aromatic rings. The maximum atomic E-state index is 13.1. The van der Waals surface area contributed by atoms with E-state index >= 15 is 0 Å². The van der Waals surface area contributed by atoms with Crippen LogP contribution in [0.25, 0.3) is 0 Å². The van der Waals surface area contributed by atoms with Crippen LogP contribution in [0.2, 0.25) is 5.02 Å². The van der Waals surface area contributed by atoms with Gasteiger partial charge >= 0.3 is 6.18 Å². The molecule has 4 nitrogen and oxygen atoms in total. The minimum Gasteiger partial charge on any atom is -0.370 e. The molecule has 0 fully saturated rings. The number of benzene rings is 1. The third-order valence-electron chi connectivity index (χ3n) is 2.88. The summed E-state index contributed by atoms with van der Waals surface area (Å²) in [6, 6.07) is 5.15. The molecular formula is C15H16ClF3N4. The summed E-state index contributed by atoms with van der Waals surface area (Å²) in [7, 11) is 0. The molecule has 0 spiro atoms. The lowest BCUT2D eigenvalue weighted by Gasteiger charge is -2.14. The summed E-state index contributed by atoms with van der Waals surface area (Å²) in [6.07, 6.45) is -3.05. The highest BCUT2D eigenvalue weighted by Crippen LogP contribution is 2.37. The Balaban J connectivity index is 2.24. The molecule has 0 atom stereocenters. The number of nitrogens with one attached hydrogen (secondary N) is 2. The van der Waals surface area contributed by atoms with Gasteiger partial charge in [0.1, 0.15) is 5.82 Å². The molecule has 1 aromatic heterocycles. The highest BCUT2D eigenvalue weighted by Gasteiger charge is 2.34. The second-order valence-electron chi connectivity index (χ2n) is 5.35. The number of halogens is 4. The average molecular weight is 345 g/mol. The number of anilines is 3. The zero-order chi connectivity index (χ0) is 17.0. The van der Waals surface area contributed by atoms with E-state index in [-0.39, 0.29) is 16.7 Å². The van der Waals surface area contributed by atoms with Gasteiger partial charge in [-0.05, 0) is 30.2 Å². The van der Waals surface area contributed by atoms with E-state index < -0.39 is 11.7 Å². The molecule has 2 N–H and O–H groups in total. The van der Waals surface area contributed by atoms with Crippen LogP contribution >= 0.6 is 11.6 Å². The number of nitrogens with zero attached hydrogens (tertiary/aromatic N) is 2. The van der Waals surface area contributed by atoms with Crippen LogP contribution in [0.5, 0.6) is 0 Å². The summed E-state index contributed by atoms with van der Waals surface area (Å²) < 4.78 is 39.2. The number of aromatic nitrogens is 2. The van der Waals surface area contributed by atoms with E-state index in [4.69, 9.17) is 11.6 Å². The molecule has 23 heavy (non-hydrogen) atoms. The third kappa shape index (κ3) is 4.99. The fourth-order valence-electron chi connectivity index (χ4n) is 1.81. The fraction of sp³-hybridized carbons (Fsp3) is 0.333. The van der Waals surface area contributed by atoms with Crippen molar-refractivity contribution >= 4 is 29.1 Å². The Hall–Kier alpha value is -2.02. The average Bonchev–Trinajstić information content (AvgIpc) is 2.46. The SMILES string of the molecule is CC(C)CNc1ccnc(Nc2ccc(Cl)cc2C(F)(F)F)n1. The zero-order valence-electron chi connectivity index (χ0n) is 12.6. The van der Waals surface area contributed by atoms with E-state index in [1.807, 2.05) is 13.8 Å². The van der Waals surface area contributed by atoms with Gasteiger partial charge in [-0.3, -0.25) is 0 Å². The molecule has 0 aliphatic rings. The van der Waals surface area contributed by atoms with Crippen molar-refractivity contribution < 1.29 is 13.2 Å². The van der Waals surface area contributed by atoms with Gasteiger partial charge in [0.25, 0.3) is 0 Å². The van der Waals surface area contributed by atoms with E-state index in [2.05, 4.69) is 20.6 Å². The fourth-order valence-corrected chi connectivity index (χ4v) is 1.98. The largest absolute Gasteiger partial charge is 0.418 e. The summed E-state index contributed by atoms with van der Waals surface area (Å²) in [6.45, 7) is 4.78. The second-order valence-corrected chi connectivity index (χ2v) is 5.79. The Morgan fingerprint density at radius 2 is 1.96 bits per heavy atom. The van der Waals surface area contributed by atoms with Crippen LogP contribution in [0.3, 0.4) is 0 Å². The topological polar surface area (TPSA) is 49.8 Å². The first-order valence-corrected chi connectivity index (χ1v) is 7.34. The van der Waals surface area contributed by atoms with E-state index in [9.17, 15) is 13.2 Å². The lowest BCUT2D eigenvalue weighted by Crippen LogP contribution is -2.12. The standard InChI is InChI=1S/C15H16ClF3N4/c1-9(2)8-21-13-5-6-20-14(23-13)22-12-4-3-10(16)7-11(12)15(17,18)19/h3-7,9H,8H2,1-2H3,(H2,20,21,22,23). The molecule has 1 aromatic carbocycles. The van der Waals surface area contributed by atoms with Crippen molar-refractivity contribution in [3.63, 3.8) is 0 Å². The molecule has 1 heterocycles. The van der Waals surface area contributed by atoms with Gasteiger partial charge in [0.15, 0.2) is 0 Å². The normalized spacial score (nSPS) is 11.6. The van der Waals surface area contributed by atoms with Crippen LogP contribution < -0.4 is 10.6 Å². The monoisotopic (exact) mass is 344 g/mol. The van der Waals surface area contributed by atoms with E-state index in [0.29, 0.717) is 18.3 Å². The Bertz CT molecular complexity index is 674. The van der Waals surface area contributed by atoms with Crippen molar-refractivity contribution in [3.05, 3.63) is 41.0 Å². The molecule has 8 heteroatoms. The first-order chi connectivity index (χ1) is 10.8. The molecule has 0 unspecified atom stereocenters. The van der Waals surface area contributed by atoms with Crippen molar-refractivity contribution in [2.24, 2.45) is 5.92 Å². The molecular weight excluding hydrogens is 329 g/mol. The molecule has 0 aliphatic carbocycles. The Kier molecular flexibility index (Phi) is 5.30. The number of alkyl halides is 3. The summed E-state index contributed by atoms with van der Waals surface area (Å²) in [4.78, 5) is 8.10. The molecule has 0 aliphatic heterocycles. The molecule has 124 valence electrons. The van der Waals surface area contributed by atoms with Gasteiger partial charge in [-0.25, -0.2) is 4.98 Å².